The first-order valence-corrected chi connectivity index (χ1v) is 10.8. The molecule has 148 valence electrons. The van der Waals surface area contributed by atoms with Crippen molar-refractivity contribution in [3.05, 3.63) is 53.6 Å². The Labute approximate surface area is 164 Å². The van der Waals surface area contributed by atoms with Gasteiger partial charge in [0, 0.05) is 29.5 Å². The smallest absolute Gasteiger partial charge is 0.246 e. The number of carbonyl (C=O) groups is 1. The molecule has 2 aromatic carbocycles. The predicted molar refractivity (Wildman–Crippen MR) is 107 cm³/mol. The molecule has 1 amide bonds. The van der Waals surface area contributed by atoms with E-state index < -0.39 is 10.0 Å². The molecule has 1 atom stereocenters. The molecule has 2 heterocycles. The lowest BCUT2D eigenvalue weighted by atomic mass is 10.1. The van der Waals surface area contributed by atoms with Crippen LogP contribution in [0.2, 0.25) is 0 Å². The molecule has 4 rings (SSSR count). The maximum atomic E-state index is 13.2. The van der Waals surface area contributed by atoms with Crippen LogP contribution in [-0.2, 0) is 32.6 Å². The minimum absolute atomic E-state index is 0.0219. The van der Waals surface area contributed by atoms with Gasteiger partial charge in [-0.3, -0.25) is 4.79 Å². The molecule has 28 heavy (non-hydrogen) atoms. The summed E-state index contributed by atoms with van der Waals surface area (Å²) in [6.07, 6.45) is 0.601. The van der Waals surface area contributed by atoms with Crippen LogP contribution in [0.4, 0.5) is 11.4 Å². The number of hydrogen-bond acceptors (Lipinski definition) is 5. The monoisotopic (exact) mass is 401 g/mol. The van der Waals surface area contributed by atoms with Crippen molar-refractivity contribution in [3.63, 3.8) is 0 Å². The number of amides is 1. The maximum Gasteiger partial charge on any atom is 0.246 e. The molecule has 0 radical (unpaired) electrons. The molecular formula is C20H23N3O4S. The van der Waals surface area contributed by atoms with E-state index in [-0.39, 0.29) is 23.4 Å². The Morgan fingerprint density at radius 1 is 1.18 bits per heavy atom. The van der Waals surface area contributed by atoms with Crippen molar-refractivity contribution >= 4 is 27.3 Å². The van der Waals surface area contributed by atoms with Gasteiger partial charge in [0.25, 0.3) is 0 Å². The van der Waals surface area contributed by atoms with E-state index in [0.29, 0.717) is 26.2 Å². The van der Waals surface area contributed by atoms with Gasteiger partial charge in [0.1, 0.15) is 0 Å². The van der Waals surface area contributed by atoms with Crippen molar-refractivity contribution in [3.8, 4) is 0 Å². The fourth-order valence-electron chi connectivity index (χ4n) is 3.99. The topological polar surface area (TPSA) is 92.9 Å². The molecule has 0 fully saturated rings. The number of ether oxygens (including phenoxy) is 1. The SMILES string of the molecule is CC1Cc2cc(S(N)(=O)=O)ccc2N1C(=O)CN1CCOCc2ccccc21. The van der Waals surface area contributed by atoms with Crippen LogP contribution in [-0.4, -0.2) is 40.1 Å². The number of primary sulfonamides is 1. The quantitative estimate of drug-likeness (QED) is 0.844. The number of para-hydroxylation sites is 1. The molecule has 0 saturated carbocycles. The van der Waals surface area contributed by atoms with E-state index >= 15 is 0 Å². The molecule has 0 aliphatic carbocycles. The van der Waals surface area contributed by atoms with Gasteiger partial charge in [0.15, 0.2) is 0 Å². The Morgan fingerprint density at radius 3 is 2.75 bits per heavy atom. The summed E-state index contributed by atoms with van der Waals surface area (Å²) in [6, 6.07) is 12.6. The van der Waals surface area contributed by atoms with Crippen molar-refractivity contribution in [2.75, 3.05) is 29.5 Å². The van der Waals surface area contributed by atoms with Crippen LogP contribution in [0.3, 0.4) is 0 Å². The summed E-state index contributed by atoms with van der Waals surface area (Å²) in [5, 5.41) is 5.24. The number of anilines is 2. The average Bonchev–Trinajstić information content (AvgIpc) is 2.85. The second-order valence-corrected chi connectivity index (χ2v) is 8.82. The number of carbonyl (C=O) groups excluding carboxylic acids is 1. The van der Waals surface area contributed by atoms with E-state index in [2.05, 4.69) is 0 Å². The van der Waals surface area contributed by atoms with E-state index in [1.54, 1.807) is 17.0 Å². The van der Waals surface area contributed by atoms with Crippen molar-refractivity contribution in [1.29, 1.82) is 0 Å². The summed E-state index contributed by atoms with van der Waals surface area (Å²) in [5.41, 5.74) is 3.67. The average molecular weight is 401 g/mol. The predicted octanol–water partition coefficient (Wildman–Crippen LogP) is 1.65. The summed E-state index contributed by atoms with van der Waals surface area (Å²) < 4.78 is 28.9. The van der Waals surface area contributed by atoms with E-state index in [0.717, 1.165) is 22.5 Å². The Morgan fingerprint density at radius 2 is 1.96 bits per heavy atom. The first-order chi connectivity index (χ1) is 13.3. The van der Waals surface area contributed by atoms with E-state index in [1.165, 1.54) is 6.07 Å². The first kappa shape index (κ1) is 18.9. The highest BCUT2D eigenvalue weighted by atomic mass is 32.2. The molecule has 0 spiro atoms. The second-order valence-electron chi connectivity index (χ2n) is 7.26. The number of nitrogens with two attached hydrogens (primary N) is 1. The Hall–Kier alpha value is -2.42. The summed E-state index contributed by atoms with van der Waals surface area (Å²) >= 11 is 0. The van der Waals surface area contributed by atoms with Crippen LogP contribution >= 0.6 is 0 Å². The largest absolute Gasteiger partial charge is 0.375 e. The van der Waals surface area contributed by atoms with Crippen LogP contribution in [0.15, 0.2) is 47.4 Å². The highest BCUT2D eigenvalue weighted by Gasteiger charge is 2.33. The molecular weight excluding hydrogens is 378 g/mol. The lowest BCUT2D eigenvalue weighted by Gasteiger charge is -2.29. The third kappa shape index (κ3) is 3.50. The normalized spacial score (nSPS) is 19.1. The lowest BCUT2D eigenvalue weighted by molar-refractivity contribution is -0.117. The highest BCUT2D eigenvalue weighted by molar-refractivity contribution is 7.89. The number of nitrogens with zero attached hydrogens (tertiary/aromatic N) is 2. The maximum absolute atomic E-state index is 13.2. The summed E-state index contributed by atoms with van der Waals surface area (Å²) in [4.78, 5) is 17.1. The summed E-state index contributed by atoms with van der Waals surface area (Å²) in [6.45, 7) is 3.95. The molecule has 8 heteroatoms. The van der Waals surface area contributed by atoms with Gasteiger partial charge in [-0.15, -0.1) is 0 Å². The Bertz CT molecular complexity index is 1020. The molecule has 1 unspecified atom stereocenters. The lowest BCUT2D eigenvalue weighted by Crippen LogP contribution is -2.44. The number of rotatable bonds is 3. The van der Waals surface area contributed by atoms with Gasteiger partial charge in [-0.1, -0.05) is 18.2 Å². The molecule has 0 bridgehead atoms. The Balaban J connectivity index is 1.60. The van der Waals surface area contributed by atoms with E-state index in [9.17, 15) is 13.2 Å². The molecule has 2 aromatic rings. The standard InChI is InChI=1S/C20H23N3O4S/c1-14-10-16-11-17(28(21,25)26)6-7-19(16)23(14)20(24)12-22-8-9-27-13-15-4-2-3-5-18(15)22/h2-7,11,14H,8-10,12-13H2,1H3,(H2,21,25,26). The van der Waals surface area contributed by atoms with E-state index in [4.69, 9.17) is 9.88 Å². The second kappa shape index (κ2) is 7.20. The zero-order chi connectivity index (χ0) is 19.9. The van der Waals surface area contributed by atoms with Crippen LogP contribution < -0.4 is 14.9 Å². The zero-order valence-electron chi connectivity index (χ0n) is 15.7. The number of hydrogen-bond donors (Lipinski definition) is 1. The van der Waals surface area contributed by atoms with Crippen LogP contribution in [0, 0.1) is 0 Å². The summed E-state index contributed by atoms with van der Waals surface area (Å²) in [7, 11) is -3.77. The highest BCUT2D eigenvalue weighted by Crippen LogP contribution is 2.34. The molecule has 2 aliphatic rings. The van der Waals surface area contributed by atoms with E-state index in [1.807, 2.05) is 36.1 Å². The molecule has 2 N–H and O–H groups in total. The number of benzene rings is 2. The minimum atomic E-state index is -3.77. The molecule has 0 saturated heterocycles. The molecule has 2 aliphatic heterocycles. The Kier molecular flexibility index (Phi) is 4.86. The van der Waals surface area contributed by atoms with Gasteiger partial charge in [-0.25, -0.2) is 13.6 Å². The van der Waals surface area contributed by atoms with Crippen molar-refractivity contribution < 1.29 is 17.9 Å². The van der Waals surface area contributed by atoms with Gasteiger partial charge in [-0.05, 0) is 43.2 Å². The van der Waals surface area contributed by atoms with Crippen LogP contribution in [0.25, 0.3) is 0 Å². The third-order valence-corrected chi connectivity index (χ3v) is 6.20. The fourth-order valence-corrected chi connectivity index (χ4v) is 4.55. The zero-order valence-corrected chi connectivity index (χ0v) is 16.5. The van der Waals surface area contributed by atoms with Crippen molar-refractivity contribution in [2.45, 2.75) is 30.9 Å². The molecule has 0 aromatic heterocycles. The third-order valence-electron chi connectivity index (χ3n) is 5.29. The first-order valence-electron chi connectivity index (χ1n) is 9.23. The van der Waals surface area contributed by atoms with Crippen LogP contribution in [0.5, 0.6) is 0 Å². The molecule has 7 nitrogen and oxygen atoms in total. The van der Waals surface area contributed by atoms with Crippen LogP contribution in [0.1, 0.15) is 18.1 Å². The number of fused-ring (bicyclic) bond motifs is 2. The van der Waals surface area contributed by atoms with Gasteiger partial charge < -0.3 is 14.5 Å². The summed E-state index contributed by atoms with van der Waals surface area (Å²) in [5.74, 6) is -0.0219. The minimum Gasteiger partial charge on any atom is -0.375 e. The van der Waals surface area contributed by atoms with Gasteiger partial charge in [0.05, 0.1) is 24.7 Å². The van der Waals surface area contributed by atoms with Crippen molar-refractivity contribution in [2.24, 2.45) is 5.14 Å². The van der Waals surface area contributed by atoms with Gasteiger partial charge >= 0.3 is 0 Å². The van der Waals surface area contributed by atoms with Crippen molar-refractivity contribution in [1.82, 2.24) is 0 Å². The van der Waals surface area contributed by atoms with Gasteiger partial charge in [-0.2, -0.15) is 0 Å². The number of sulfonamides is 1. The van der Waals surface area contributed by atoms with Gasteiger partial charge in [0.2, 0.25) is 15.9 Å². The fraction of sp³-hybridized carbons (Fsp3) is 0.350.